The monoisotopic (exact) mass is 530 g/mol. The molecule has 3 rings (SSSR count). The lowest BCUT2D eigenvalue weighted by molar-refractivity contribution is -0.141. The highest BCUT2D eigenvalue weighted by atomic mass is 35.5. The molecule has 0 aromatic heterocycles. The fourth-order valence-corrected chi connectivity index (χ4v) is 4.29. The average molecular weight is 532 g/mol. The van der Waals surface area contributed by atoms with Gasteiger partial charge in [-0.25, -0.2) is 0 Å². The molecule has 0 aliphatic carbocycles. The molecule has 0 aliphatic rings. The van der Waals surface area contributed by atoms with E-state index in [1.807, 2.05) is 62.4 Å². The van der Waals surface area contributed by atoms with Crippen LogP contribution in [0.25, 0.3) is 0 Å². The number of halogens is 3. The Morgan fingerprint density at radius 1 is 0.857 bits per heavy atom. The molecular weight excluding hydrogens is 503 g/mol. The van der Waals surface area contributed by atoms with Crippen molar-refractivity contribution in [2.75, 3.05) is 0 Å². The fourth-order valence-electron chi connectivity index (χ4n) is 3.75. The lowest BCUT2D eigenvalue weighted by Gasteiger charge is -2.32. The van der Waals surface area contributed by atoms with E-state index in [4.69, 9.17) is 34.8 Å². The van der Waals surface area contributed by atoms with Gasteiger partial charge >= 0.3 is 0 Å². The van der Waals surface area contributed by atoms with E-state index in [0.29, 0.717) is 21.5 Å². The van der Waals surface area contributed by atoms with Crippen molar-refractivity contribution in [2.45, 2.75) is 51.7 Å². The number of hydrogen-bond donors (Lipinski definition) is 1. The Kier molecular flexibility index (Phi) is 10.0. The standard InChI is InChI=1S/C28H29Cl3N2O2/c1-3-19(2)32-28(35)26(16-20-8-5-4-6-9-20)33(18-22-12-13-24(30)25(31)15-22)27(34)17-21-10-7-11-23(29)14-21/h4-15,19,26H,3,16-18H2,1-2H3,(H,32,35)/t19-,26+/m1/s1. The number of carbonyl (C=O) groups excluding carboxylic acids is 2. The largest absolute Gasteiger partial charge is 0.352 e. The maximum atomic E-state index is 13.7. The molecule has 0 radical (unpaired) electrons. The van der Waals surface area contributed by atoms with E-state index in [1.165, 1.54) is 0 Å². The topological polar surface area (TPSA) is 49.4 Å². The smallest absolute Gasteiger partial charge is 0.243 e. The van der Waals surface area contributed by atoms with Gasteiger partial charge in [0.1, 0.15) is 6.04 Å². The fraction of sp³-hybridized carbons (Fsp3) is 0.286. The minimum atomic E-state index is -0.715. The summed E-state index contributed by atoms with van der Waals surface area (Å²) >= 11 is 18.5. The molecule has 0 fully saturated rings. The third kappa shape index (κ3) is 7.99. The summed E-state index contributed by atoms with van der Waals surface area (Å²) in [4.78, 5) is 28.9. The van der Waals surface area contributed by atoms with Gasteiger partial charge in [-0.15, -0.1) is 0 Å². The second-order valence-corrected chi connectivity index (χ2v) is 9.85. The van der Waals surface area contributed by atoms with Crippen molar-refractivity contribution < 1.29 is 9.59 Å². The van der Waals surface area contributed by atoms with Gasteiger partial charge in [-0.1, -0.05) is 90.3 Å². The summed E-state index contributed by atoms with van der Waals surface area (Å²) in [5.74, 6) is -0.374. The molecule has 0 aliphatic heterocycles. The van der Waals surface area contributed by atoms with E-state index >= 15 is 0 Å². The molecule has 3 aromatic rings. The summed E-state index contributed by atoms with van der Waals surface area (Å²) in [6.07, 6.45) is 1.28. The zero-order valence-electron chi connectivity index (χ0n) is 19.8. The molecule has 0 saturated heterocycles. The SMILES string of the molecule is CC[C@@H](C)NC(=O)[C@H](Cc1ccccc1)N(Cc1ccc(Cl)c(Cl)c1)C(=O)Cc1cccc(Cl)c1. The summed E-state index contributed by atoms with van der Waals surface area (Å²) in [7, 11) is 0. The van der Waals surface area contributed by atoms with Crippen LogP contribution in [0.1, 0.15) is 37.0 Å². The number of nitrogens with zero attached hydrogens (tertiary/aromatic N) is 1. The Morgan fingerprint density at radius 2 is 1.57 bits per heavy atom. The van der Waals surface area contributed by atoms with Crippen LogP contribution in [0.4, 0.5) is 0 Å². The zero-order valence-corrected chi connectivity index (χ0v) is 22.1. The van der Waals surface area contributed by atoms with Crippen molar-refractivity contribution in [1.82, 2.24) is 10.2 Å². The van der Waals surface area contributed by atoms with Crippen LogP contribution >= 0.6 is 34.8 Å². The predicted molar refractivity (Wildman–Crippen MR) is 144 cm³/mol. The molecule has 4 nitrogen and oxygen atoms in total. The normalized spacial score (nSPS) is 12.6. The maximum Gasteiger partial charge on any atom is 0.243 e. The summed E-state index contributed by atoms with van der Waals surface area (Å²) in [5.41, 5.74) is 2.53. The first-order valence-electron chi connectivity index (χ1n) is 11.6. The molecule has 0 unspecified atom stereocenters. The van der Waals surface area contributed by atoms with Crippen LogP contribution in [-0.4, -0.2) is 28.8 Å². The summed E-state index contributed by atoms with van der Waals surface area (Å²) in [6.45, 7) is 4.17. The van der Waals surface area contributed by atoms with Crippen molar-refractivity contribution in [1.29, 1.82) is 0 Å². The third-order valence-corrected chi connectivity index (χ3v) is 6.83. The first-order valence-corrected chi connectivity index (χ1v) is 12.7. The molecule has 2 atom stereocenters. The van der Waals surface area contributed by atoms with Crippen LogP contribution in [0.2, 0.25) is 15.1 Å². The lowest BCUT2D eigenvalue weighted by atomic mass is 10.0. The number of carbonyl (C=O) groups is 2. The van der Waals surface area contributed by atoms with Crippen LogP contribution in [0.3, 0.4) is 0 Å². The molecule has 35 heavy (non-hydrogen) atoms. The van der Waals surface area contributed by atoms with Crippen molar-refractivity contribution in [3.8, 4) is 0 Å². The highest BCUT2D eigenvalue weighted by Crippen LogP contribution is 2.25. The van der Waals surface area contributed by atoms with E-state index in [1.54, 1.807) is 29.2 Å². The van der Waals surface area contributed by atoms with Gasteiger partial charge in [0.15, 0.2) is 0 Å². The van der Waals surface area contributed by atoms with Crippen LogP contribution in [-0.2, 0) is 29.0 Å². The molecule has 1 N–H and O–H groups in total. The number of amides is 2. The van der Waals surface area contributed by atoms with Crippen molar-refractivity contribution >= 4 is 46.6 Å². The summed E-state index contributed by atoms with van der Waals surface area (Å²) < 4.78 is 0. The minimum Gasteiger partial charge on any atom is -0.352 e. The van der Waals surface area contributed by atoms with Crippen LogP contribution < -0.4 is 5.32 Å². The van der Waals surface area contributed by atoms with Crippen molar-refractivity contribution in [2.24, 2.45) is 0 Å². The number of rotatable bonds is 10. The van der Waals surface area contributed by atoms with E-state index < -0.39 is 6.04 Å². The van der Waals surface area contributed by atoms with Crippen LogP contribution in [0, 0.1) is 0 Å². The van der Waals surface area contributed by atoms with E-state index in [9.17, 15) is 9.59 Å². The first-order chi connectivity index (χ1) is 16.8. The highest BCUT2D eigenvalue weighted by molar-refractivity contribution is 6.42. The maximum absolute atomic E-state index is 13.7. The van der Waals surface area contributed by atoms with Gasteiger partial charge in [0.05, 0.1) is 16.5 Å². The Morgan fingerprint density at radius 3 is 2.23 bits per heavy atom. The van der Waals surface area contributed by atoms with Gasteiger partial charge in [-0.3, -0.25) is 9.59 Å². The molecule has 7 heteroatoms. The zero-order chi connectivity index (χ0) is 25.4. The molecule has 3 aromatic carbocycles. The number of nitrogens with one attached hydrogen (secondary N) is 1. The Labute approximate surface area is 222 Å². The van der Waals surface area contributed by atoms with E-state index in [0.717, 1.165) is 23.1 Å². The summed E-state index contributed by atoms with van der Waals surface area (Å²) in [6, 6.07) is 21.4. The number of benzene rings is 3. The van der Waals surface area contributed by atoms with Gasteiger partial charge in [0.2, 0.25) is 11.8 Å². The second kappa shape index (κ2) is 13.0. The average Bonchev–Trinajstić information content (AvgIpc) is 2.84. The lowest BCUT2D eigenvalue weighted by Crippen LogP contribution is -2.52. The van der Waals surface area contributed by atoms with Crippen molar-refractivity contribution in [3.63, 3.8) is 0 Å². The molecule has 184 valence electrons. The third-order valence-electron chi connectivity index (χ3n) is 5.85. The predicted octanol–water partition coefficient (Wildman–Crippen LogP) is 6.74. The van der Waals surface area contributed by atoms with Gasteiger partial charge in [-0.2, -0.15) is 0 Å². The highest BCUT2D eigenvalue weighted by Gasteiger charge is 2.31. The van der Waals surface area contributed by atoms with Gasteiger partial charge in [-0.05, 0) is 54.3 Å². The summed E-state index contributed by atoms with van der Waals surface area (Å²) in [5, 5.41) is 4.45. The minimum absolute atomic E-state index is 0.0179. The molecule has 0 saturated carbocycles. The molecule has 0 spiro atoms. The Hall–Kier alpha value is -2.53. The quantitative estimate of drug-likeness (QED) is 0.315. The molecule has 0 bridgehead atoms. The van der Waals surface area contributed by atoms with Gasteiger partial charge in [0.25, 0.3) is 0 Å². The second-order valence-electron chi connectivity index (χ2n) is 8.60. The van der Waals surface area contributed by atoms with Gasteiger partial charge < -0.3 is 10.2 Å². The van der Waals surface area contributed by atoms with Gasteiger partial charge in [0, 0.05) is 24.0 Å². The van der Waals surface area contributed by atoms with E-state index in [2.05, 4.69) is 5.32 Å². The molecule has 2 amide bonds. The Bertz CT molecular complexity index is 1150. The molecule has 0 heterocycles. The van der Waals surface area contributed by atoms with E-state index in [-0.39, 0.29) is 30.8 Å². The van der Waals surface area contributed by atoms with Crippen molar-refractivity contribution in [3.05, 3.63) is 105 Å². The number of hydrogen-bond acceptors (Lipinski definition) is 2. The van der Waals surface area contributed by atoms with Crippen LogP contribution in [0.15, 0.2) is 72.8 Å². The molecular formula is C28H29Cl3N2O2. The first kappa shape index (κ1) is 27.1. The Balaban J connectivity index is 1.99. The van der Waals surface area contributed by atoms with Crippen LogP contribution in [0.5, 0.6) is 0 Å².